The van der Waals surface area contributed by atoms with E-state index >= 15 is 4.39 Å². The fraction of sp³-hybridized carbons (Fsp3) is 0.227. The maximum atomic E-state index is 15.0. The van der Waals surface area contributed by atoms with Crippen LogP contribution in [0, 0.1) is 24.5 Å². The van der Waals surface area contributed by atoms with Gasteiger partial charge < -0.3 is 20.3 Å². The number of carbonyl (C=O) groups excluding carboxylic acids is 2. The summed E-state index contributed by atoms with van der Waals surface area (Å²) in [6.45, 7) is 3.13. The molecule has 2 amide bonds. The zero-order valence-electron chi connectivity index (χ0n) is 17.5. The highest BCUT2D eigenvalue weighted by molar-refractivity contribution is 6.31. The lowest BCUT2D eigenvalue weighted by Crippen LogP contribution is -2.54. The van der Waals surface area contributed by atoms with Crippen molar-refractivity contribution in [2.75, 3.05) is 6.61 Å². The molecule has 2 heterocycles. The van der Waals surface area contributed by atoms with Crippen molar-refractivity contribution in [2.24, 2.45) is 5.73 Å². The number of nitrogens with one attached hydrogen (secondary N) is 1. The van der Waals surface area contributed by atoms with Crippen molar-refractivity contribution in [2.45, 2.75) is 26.0 Å². The highest BCUT2D eigenvalue weighted by atomic mass is 35.5. The van der Waals surface area contributed by atoms with Crippen molar-refractivity contribution in [3.8, 4) is 22.5 Å². The van der Waals surface area contributed by atoms with Gasteiger partial charge in [-0.15, -0.1) is 0 Å². The number of aromatic nitrogens is 2. The zero-order chi connectivity index (χ0) is 23.9. The minimum atomic E-state index is -1.07. The lowest BCUT2D eigenvalue weighted by Gasteiger charge is -2.33. The second-order valence-electron chi connectivity index (χ2n) is 7.50. The largest absolute Gasteiger partial charge is 0.367 e. The maximum Gasteiger partial charge on any atom is 0.247 e. The molecule has 1 radical (unpaired) electrons. The molecule has 33 heavy (non-hydrogen) atoms. The third kappa shape index (κ3) is 4.44. The first-order valence-electron chi connectivity index (χ1n) is 9.82. The highest BCUT2D eigenvalue weighted by Gasteiger charge is 2.43. The third-order valence-electron chi connectivity index (χ3n) is 5.20. The van der Waals surface area contributed by atoms with Gasteiger partial charge in [0.15, 0.2) is 6.10 Å². The second-order valence-corrected chi connectivity index (χ2v) is 7.93. The number of ether oxygens (including phenoxy) is 1. The molecule has 1 saturated heterocycles. The fourth-order valence-corrected chi connectivity index (χ4v) is 3.74. The van der Waals surface area contributed by atoms with Crippen LogP contribution in [0.4, 0.5) is 8.78 Å². The minimum absolute atomic E-state index is 0.00512. The normalized spacial score (nSPS) is 16.8. The number of aryl methyl sites for hydroxylation is 1. The summed E-state index contributed by atoms with van der Waals surface area (Å²) in [5.74, 6) is -2.22. The molecular formula is C22H18ClF2N4O4. The molecule has 171 valence electrons. The molecule has 8 nitrogen and oxygen atoms in total. The first-order chi connectivity index (χ1) is 15.7. The number of nitrogens with zero attached hydrogens (tertiary/aromatic N) is 2. The Bertz CT molecular complexity index is 1250. The van der Waals surface area contributed by atoms with Crippen molar-refractivity contribution in [1.29, 1.82) is 0 Å². The Morgan fingerprint density at radius 2 is 2.00 bits per heavy atom. The number of benzene rings is 2. The van der Waals surface area contributed by atoms with Crippen LogP contribution in [0.5, 0.6) is 0 Å². The Morgan fingerprint density at radius 3 is 2.58 bits per heavy atom. The second kappa shape index (κ2) is 8.87. The number of rotatable bonds is 6. The van der Waals surface area contributed by atoms with Gasteiger partial charge in [-0.1, -0.05) is 28.9 Å². The van der Waals surface area contributed by atoms with Crippen LogP contribution < -0.4 is 11.1 Å². The minimum Gasteiger partial charge on any atom is -0.367 e. The van der Waals surface area contributed by atoms with Crippen LogP contribution in [0.2, 0.25) is 5.02 Å². The Morgan fingerprint density at radius 1 is 1.24 bits per heavy atom. The van der Waals surface area contributed by atoms with Crippen molar-refractivity contribution < 1.29 is 27.6 Å². The van der Waals surface area contributed by atoms with Gasteiger partial charge in [-0.25, -0.2) is 8.78 Å². The van der Waals surface area contributed by atoms with Crippen molar-refractivity contribution in [3.63, 3.8) is 0 Å². The lowest BCUT2D eigenvalue weighted by molar-refractivity contribution is -0.144. The molecule has 1 aliphatic rings. The number of halogens is 3. The Balaban J connectivity index is 1.62. The molecule has 0 bridgehead atoms. The molecule has 3 N–H and O–H groups in total. The van der Waals surface area contributed by atoms with Crippen LogP contribution in [-0.4, -0.2) is 34.7 Å². The molecule has 4 rings (SSSR count). The summed E-state index contributed by atoms with van der Waals surface area (Å²) in [7, 11) is 0. The van der Waals surface area contributed by atoms with E-state index in [9.17, 15) is 14.0 Å². The Kier molecular flexibility index (Phi) is 6.13. The van der Waals surface area contributed by atoms with Gasteiger partial charge in [0.05, 0.1) is 18.2 Å². The van der Waals surface area contributed by atoms with E-state index in [0.717, 1.165) is 6.07 Å². The standard InChI is InChI=1S/C22H18ClF2N4O4/c1-9(27-22(31)15-8-32-19(15)20(26)30)13-4-3-11(5-16(13)24)14-6-12(23)7-17(25)18(14)21-28-10(2)33-29-21/h3-7,9,19H,8H2,1-2H3,(H2,26,30)(H,27,31)/t9-,19?/m1/s1. The van der Waals surface area contributed by atoms with Crippen LogP contribution >= 0.6 is 11.6 Å². The molecule has 0 saturated carbocycles. The van der Waals surface area contributed by atoms with Gasteiger partial charge >= 0.3 is 0 Å². The van der Waals surface area contributed by atoms with Crippen LogP contribution in [0.3, 0.4) is 0 Å². The van der Waals surface area contributed by atoms with Crippen LogP contribution in [-0.2, 0) is 14.3 Å². The van der Waals surface area contributed by atoms with Gasteiger partial charge in [-0.3, -0.25) is 9.59 Å². The number of carbonyl (C=O) groups is 2. The average Bonchev–Trinajstić information content (AvgIpc) is 3.11. The molecule has 11 heteroatoms. The molecule has 1 aromatic heterocycles. The summed E-state index contributed by atoms with van der Waals surface area (Å²) in [5.41, 5.74) is 5.96. The number of amides is 2. The maximum absolute atomic E-state index is 15.0. The summed E-state index contributed by atoms with van der Waals surface area (Å²) in [5, 5.41) is 6.49. The Hall–Kier alpha value is -3.37. The average molecular weight is 476 g/mol. The number of hydrogen-bond donors (Lipinski definition) is 2. The number of primary amides is 1. The summed E-state index contributed by atoms with van der Waals surface area (Å²) >= 11 is 6.04. The van der Waals surface area contributed by atoms with Crippen molar-refractivity contribution in [1.82, 2.24) is 15.5 Å². The van der Waals surface area contributed by atoms with E-state index in [1.54, 1.807) is 19.9 Å². The quantitative estimate of drug-likeness (QED) is 0.564. The van der Waals surface area contributed by atoms with Gasteiger partial charge in [0, 0.05) is 17.5 Å². The van der Waals surface area contributed by atoms with E-state index in [4.69, 9.17) is 26.6 Å². The van der Waals surface area contributed by atoms with Crippen LogP contribution in [0.15, 0.2) is 34.9 Å². The van der Waals surface area contributed by atoms with Crippen LogP contribution in [0.25, 0.3) is 22.5 Å². The molecule has 1 aliphatic heterocycles. The van der Waals surface area contributed by atoms with E-state index in [1.165, 1.54) is 18.2 Å². The van der Waals surface area contributed by atoms with E-state index in [-0.39, 0.29) is 46.0 Å². The van der Waals surface area contributed by atoms with Gasteiger partial charge in [0.1, 0.15) is 17.6 Å². The molecule has 0 spiro atoms. The van der Waals surface area contributed by atoms with Gasteiger partial charge in [0.25, 0.3) is 0 Å². The molecule has 2 atom stereocenters. The summed E-state index contributed by atoms with van der Waals surface area (Å²) in [4.78, 5) is 27.7. The first kappa shape index (κ1) is 22.8. The lowest BCUT2D eigenvalue weighted by atomic mass is 9.94. The van der Waals surface area contributed by atoms with Crippen LogP contribution in [0.1, 0.15) is 24.4 Å². The molecule has 2 aromatic carbocycles. The van der Waals surface area contributed by atoms with E-state index in [2.05, 4.69) is 15.5 Å². The predicted octanol–water partition coefficient (Wildman–Crippen LogP) is 3.28. The summed E-state index contributed by atoms with van der Waals surface area (Å²) in [6, 6.07) is 6.08. The van der Waals surface area contributed by atoms with E-state index < -0.39 is 35.6 Å². The van der Waals surface area contributed by atoms with Crippen molar-refractivity contribution in [3.05, 3.63) is 64.4 Å². The molecule has 1 fully saturated rings. The fourth-order valence-electron chi connectivity index (χ4n) is 3.53. The first-order valence-corrected chi connectivity index (χ1v) is 10.2. The molecule has 3 aromatic rings. The predicted molar refractivity (Wildman–Crippen MR) is 114 cm³/mol. The van der Waals surface area contributed by atoms with Gasteiger partial charge in [-0.2, -0.15) is 4.98 Å². The smallest absolute Gasteiger partial charge is 0.247 e. The van der Waals surface area contributed by atoms with E-state index in [1.807, 2.05) is 0 Å². The molecule has 0 aliphatic carbocycles. The number of hydrogen-bond acceptors (Lipinski definition) is 6. The number of nitrogens with two attached hydrogens (primary N) is 1. The summed E-state index contributed by atoms with van der Waals surface area (Å²) < 4.78 is 39.7. The summed E-state index contributed by atoms with van der Waals surface area (Å²) in [6.07, 6.45) is -1.07. The van der Waals surface area contributed by atoms with Gasteiger partial charge in [-0.05, 0) is 36.2 Å². The molecule has 1 unspecified atom stereocenters. The molecular weight excluding hydrogens is 458 g/mol. The Labute approximate surface area is 192 Å². The topological polar surface area (TPSA) is 120 Å². The third-order valence-corrected chi connectivity index (χ3v) is 5.42. The highest BCUT2D eigenvalue weighted by Crippen LogP contribution is 2.36. The zero-order valence-corrected chi connectivity index (χ0v) is 18.2. The van der Waals surface area contributed by atoms with E-state index in [0.29, 0.717) is 5.56 Å². The monoisotopic (exact) mass is 475 g/mol. The van der Waals surface area contributed by atoms with Crippen molar-refractivity contribution >= 4 is 23.4 Å². The SMILES string of the molecule is Cc1nc(-c2c(F)cc(Cl)cc2-c2ccc([C@@H](C)NC(=O)[C]3COC3C(N)=O)c(F)c2)no1. The van der Waals surface area contributed by atoms with Gasteiger partial charge in [0.2, 0.25) is 23.5 Å².